The Labute approximate surface area is 86.2 Å². The molecule has 1 rings (SSSR count). The Morgan fingerprint density at radius 2 is 2.14 bits per heavy atom. The lowest BCUT2D eigenvalue weighted by Crippen LogP contribution is -2.22. The van der Waals surface area contributed by atoms with Crippen LogP contribution >= 0.6 is 0 Å². The first kappa shape index (κ1) is 11.0. The predicted octanol–water partition coefficient (Wildman–Crippen LogP) is 1.65. The van der Waals surface area contributed by atoms with Crippen LogP contribution in [-0.2, 0) is 6.54 Å². The molecule has 78 valence electrons. The molecule has 1 heterocycles. The molecule has 0 unspecified atom stereocenters. The lowest BCUT2D eigenvalue weighted by atomic mass is 10.2. The van der Waals surface area contributed by atoms with E-state index < -0.39 is 0 Å². The lowest BCUT2D eigenvalue weighted by Gasteiger charge is -2.13. The van der Waals surface area contributed by atoms with Gasteiger partial charge in [0.1, 0.15) is 5.82 Å². The summed E-state index contributed by atoms with van der Waals surface area (Å²) < 4.78 is 0. The molecular weight excluding hydrogens is 174 g/mol. The molecule has 0 radical (unpaired) electrons. The summed E-state index contributed by atoms with van der Waals surface area (Å²) in [4.78, 5) is 6.28. The van der Waals surface area contributed by atoms with Crippen LogP contribution in [0, 0.1) is 0 Å². The van der Waals surface area contributed by atoms with E-state index in [9.17, 15) is 0 Å². The minimum Gasteiger partial charge on any atom is -0.363 e. The fourth-order valence-corrected chi connectivity index (χ4v) is 1.14. The Hall–Kier alpha value is -1.09. The zero-order valence-electron chi connectivity index (χ0n) is 9.41. The second-order valence-electron chi connectivity index (χ2n) is 3.95. The molecule has 0 saturated heterocycles. The Kier molecular flexibility index (Phi) is 3.89. The van der Waals surface area contributed by atoms with E-state index in [-0.39, 0.29) is 0 Å². The topological polar surface area (TPSA) is 28.2 Å². The second kappa shape index (κ2) is 4.96. The zero-order valence-corrected chi connectivity index (χ0v) is 9.41. The Balaban J connectivity index is 2.64. The van der Waals surface area contributed by atoms with Crippen LogP contribution in [0.15, 0.2) is 18.3 Å². The minimum atomic E-state index is 0.519. The van der Waals surface area contributed by atoms with Gasteiger partial charge < -0.3 is 10.2 Å². The fraction of sp³-hybridized carbons (Fsp3) is 0.545. The van der Waals surface area contributed by atoms with Crippen molar-refractivity contribution in [2.45, 2.75) is 26.4 Å². The van der Waals surface area contributed by atoms with Gasteiger partial charge in [-0.25, -0.2) is 4.98 Å². The van der Waals surface area contributed by atoms with Crippen LogP contribution in [-0.4, -0.2) is 25.1 Å². The second-order valence-corrected chi connectivity index (χ2v) is 3.95. The van der Waals surface area contributed by atoms with Crippen molar-refractivity contribution >= 4 is 5.82 Å². The summed E-state index contributed by atoms with van der Waals surface area (Å²) in [6, 6.07) is 4.67. The van der Waals surface area contributed by atoms with E-state index in [1.54, 1.807) is 0 Å². The zero-order chi connectivity index (χ0) is 10.6. The molecule has 0 bridgehead atoms. The highest BCUT2D eigenvalue weighted by molar-refractivity contribution is 5.38. The van der Waals surface area contributed by atoms with Crippen molar-refractivity contribution in [3.8, 4) is 0 Å². The van der Waals surface area contributed by atoms with Gasteiger partial charge in [0.25, 0.3) is 0 Å². The van der Waals surface area contributed by atoms with Gasteiger partial charge in [-0.05, 0) is 17.7 Å². The van der Waals surface area contributed by atoms with Gasteiger partial charge in [0.2, 0.25) is 0 Å². The average molecular weight is 193 g/mol. The van der Waals surface area contributed by atoms with Crippen molar-refractivity contribution in [3.05, 3.63) is 23.9 Å². The number of pyridine rings is 1. The van der Waals surface area contributed by atoms with E-state index in [4.69, 9.17) is 0 Å². The van der Waals surface area contributed by atoms with Gasteiger partial charge in [-0.15, -0.1) is 0 Å². The minimum absolute atomic E-state index is 0.519. The van der Waals surface area contributed by atoms with Crippen molar-refractivity contribution in [3.63, 3.8) is 0 Å². The van der Waals surface area contributed by atoms with Crippen molar-refractivity contribution in [2.24, 2.45) is 0 Å². The normalized spacial score (nSPS) is 10.6. The molecule has 3 heteroatoms. The fourth-order valence-electron chi connectivity index (χ4n) is 1.14. The summed E-state index contributed by atoms with van der Waals surface area (Å²) in [6.07, 6.45) is 1.85. The van der Waals surface area contributed by atoms with Gasteiger partial charge >= 0.3 is 0 Å². The van der Waals surface area contributed by atoms with Crippen LogP contribution in [0.3, 0.4) is 0 Å². The van der Waals surface area contributed by atoms with Gasteiger partial charge in [-0.2, -0.15) is 0 Å². The van der Waals surface area contributed by atoms with Gasteiger partial charge in [-0.1, -0.05) is 13.8 Å². The van der Waals surface area contributed by atoms with E-state index in [0.29, 0.717) is 6.04 Å². The summed E-state index contributed by atoms with van der Waals surface area (Å²) in [7, 11) is 4.00. The van der Waals surface area contributed by atoms with Crippen LogP contribution in [0.1, 0.15) is 19.4 Å². The highest BCUT2D eigenvalue weighted by Crippen LogP contribution is 2.09. The summed E-state index contributed by atoms with van der Waals surface area (Å²) in [6.45, 7) is 5.20. The first-order valence-corrected chi connectivity index (χ1v) is 4.95. The SMILES string of the molecule is CC(C)NCc1ccnc(N(C)C)c1. The Morgan fingerprint density at radius 1 is 1.43 bits per heavy atom. The summed E-state index contributed by atoms with van der Waals surface area (Å²) >= 11 is 0. The van der Waals surface area contributed by atoms with Gasteiger partial charge in [-0.3, -0.25) is 0 Å². The van der Waals surface area contributed by atoms with E-state index in [1.807, 2.05) is 31.3 Å². The molecule has 0 aromatic carbocycles. The number of hydrogen-bond acceptors (Lipinski definition) is 3. The van der Waals surface area contributed by atoms with Crippen molar-refractivity contribution in [1.29, 1.82) is 0 Å². The van der Waals surface area contributed by atoms with Crippen molar-refractivity contribution in [2.75, 3.05) is 19.0 Å². The number of rotatable bonds is 4. The molecule has 0 aliphatic carbocycles. The molecule has 0 atom stereocenters. The first-order chi connectivity index (χ1) is 6.59. The Bertz CT molecular complexity index is 282. The molecule has 0 spiro atoms. The third-order valence-electron chi connectivity index (χ3n) is 1.98. The first-order valence-electron chi connectivity index (χ1n) is 4.95. The summed E-state index contributed by atoms with van der Waals surface area (Å²) in [5.74, 6) is 1.01. The molecular formula is C11H19N3. The maximum atomic E-state index is 4.26. The average Bonchev–Trinajstić information content (AvgIpc) is 2.15. The molecule has 14 heavy (non-hydrogen) atoms. The molecule has 0 amide bonds. The third kappa shape index (κ3) is 3.34. The monoisotopic (exact) mass is 193 g/mol. The summed E-state index contributed by atoms with van der Waals surface area (Å²) in [5, 5.41) is 3.38. The molecule has 1 aromatic heterocycles. The van der Waals surface area contributed by atoms with Crippen molar-refractivity contribution in [1.82, 2.24) is 10.3 Å². The predicted molar refractivity (Wildman–Crippen MR) is 60.5 cm³/mol. The standard InChI is InChI=1S/C11H19N3/c1-9(2)13-8-10-5-6-12-11(7-10)14(3)4/h5-7,9,13H,8H2,1-4H3. The quantitative estimate of drug-likeness (QED) is 0.788. The highest BCUT2D eigenvalue weighted by Gasteiger charge is 1.99. The molecule has 0 aliphatic rings. The number of nitrogens with one attached hydrogen (secondary N) is 1. The van der Waals surface area contributed by atoms with Crippen molar-refractivity contribution < 1.29 is 0 Å². The van der Waals surface area contributed by atoms with E-state index in [0.717, 1.165) is 12.4 Å². The molecule has 1 N–H and O–H groups in total. The van der Waals surface area contributed by atoms with Crippen LogP contribution in [0.4, 0.5) is 5.82 Å². The third-order valence-corrected chi connectivity index (χ3v) is 1.98. The molecule has 0 fully saturated rings. The summed E-state index contributed by atoms with van der Waals surface area (Å²) in [5.41, 5.74) is 1.28. The van der Waals surface area contributed by atoms with E-state index >= 15 is 0 Å². The van der Waals surface area contributed by atoms with Crippen LogP contribution < -0.4 is 10.2 Å². The number of aromatic nitrogens is 1. The largest absolute Gasteiger partial charge is 0.363 e. The molecule has 0 aliphatic heterocycles. The van der Waals surface area contributed by atoms with Gasteiger partial charge in [0.05, 0.1) is 0 Å². The number of anilines is 1. The smallest absolute Gasteiger partial charge is 0.128 e. The maximum absolute atomic E-state index is 4.26. The highest BCUT2D eigenvalue weighted by atomic mass is 15.1. The maximum Gasteiger partial charge on any atom is 0.128 e. The lowest BCUT2D eigenvalue weighted by molar-refractivity contribution is 0.588. The van der Waals surface area contributed by atoms with E-state index in [2.05, 4.69) is 30.2 Å². The molecule has 3 nitrogen and oxygen atoms in total. The molecule has 1 aromatic rings. The van der Waals surface area contributed by atoms with Gasteiger partial charge in [0.15, 0.2) is 0 Å². The Morgan fingerprint density at radius 3 is 2.71 bits per heavy atom. The molecule has 0 saturated carbocycles. The van der Waals surface area contributed by atoms with Crippen LogP contribution in [0.5, 0.6) is 0 Å². The van der Waals surface area contributed by atoms with Gasteiger partial charge in [0, 0.05) is 32.9 Å². The van der Waals surface area contributed by atoms with Crippen LogP contribution in [0.2, 0.25) is 0 Å². The van der Waals surface area contributed by atoms with E-state index in [1.165, 1.54) is 5.56 Å². The number of hydrogen-bond donors (Lipinski definition) is 1. The number of nitrogens with zero attached hydrogens (tertiary/aromatic N) is 2. The van der Waals surface area contributed by atoms with Crippen LogP contribution in [0.25, 0.3) is 0 Å².